The van der Waals surface area contributed by atoms with Crippen molar-refractivity contribution in [2.75, 3.05) is 20.3 Å². The molecule has 0 aromatic rings. The van der Waals surface area contributed by atoms with Crippen molar-refractivity contribution < 1.29 is 14.3 Å². The van der Waals surface area contributed by atoms with Crippen molar-refractivity contribution in [2.24, 2.45) is 5.92 Å². The summed E-state index contributed by atoms with van der Waals surface area (Å²) in [6, 6.07) is 0.0117. The van der Waals surface area contributed by atoms with E-state index >= 15 is 0 Å². The summed E-state index contributed by atoms with van der Waals surface area (Å²) in [7, 11) is 1.65. The lowest BCUT2D eigenvalue weighted by atomic mass is 9.90. The summed E-state index contributed by atoms with van der Waals surface area (Å²) in [4.78, 5) is 26.7. The Balaban J connectivity index is 3.11. The summed E-state index contributed by atoms with van der Waals surface area (Å²) < 4.78 is 5.27. The Bertz CT molecular complexity index is 351. The van der Waals surface area contributed by atoms with Crippen LogP contribution in [0.1, 0.15) is 47.0 Å². The molecule has 0 spiro atoms. The first-order valence-corrected chi connectivity index (χ1v) is 7.52. The first kappa shape index (κ1) is 17.0. The largest absolute Gasteiger partial charge is 0.383 e. The third-order valence-corrected chi connectivity index (χ3v) is 4.34. The van der Waals surface area contributed by atoms with Crippen LogP contribution in [-0.4, -0.2) is 48.6 Å². The minimum absolute atomic E-state index is 0.0117. The van der Waals surface area contributed by atoms with Crippen LogP contribution in [0, 0.1) is 5.92 Å². The molecule has 2 amide bonds. The highest BCUT2D eigenvalue weighted by Crippen LogP contribution is 2.25. The fraction of sp³-hybridized carbons (Fsp3) is 0.867. The van der Waals surface area contributed by atoms with E-state index in [1.165, 1.54) is 0 Å². The molecule has 0 saturated carbocycles. The van der Waals surface area contributed by atoms with Crippen LogP contribution in [0.3, 0.4) is 0 Å². The number of rotatable bonds is 6. The first-order chi connectivity index (χ1) is 9.41. The third kappa shape index (κ3) is 3.32. The third-order valence-electron chi connectivity index (χ3n) is 4.34. The highest BCUT2D eigenvalue weighted by molar-refractivity contribution is 5.93. The predicted molar refractivity (Wildman–Crippen MR) is 78.3 cm³/mol. The maximum atomic E-state index is 13.0. The number of carbonyl (C=O) groups is 2. The van der Waals surface area contributed by atoms with Gasteiger partial charge in [-0.2, -0.15) is 0 Å². The fourth-order valence-electron chi connectivity index (χ4n) is 2.84. The van der Waals surface area contributed by atoms with E-state index in [0.29, 0.717) is 38.3 Å². The molecule has 1 rings (SSSR count). The van der Waals surface area contributed by atoms with Gasteiger partial charge in [0.25, 0.3) is 0 Å². The number of carbonyl (C=O) groups excluding carboxylic acids is 2. The minimum Gasteiger partial charge on any atom is -0.383 e. The molecule has 1 N–H and O–H groups in total. The zero-order valence-electron chi connectivity index (χ0n) is 13.4. The zero-order valence-corrected chi connectivity index (χ0v) is 13.4. The lowest BCUT2D eigenvalue weighted by Crippen LogP contribution is -2.59. The topological polar surface area (TPSA) is 58.6 Å². The van der Waals surface area contributed by atoms with Gasteiger partial charge in [-0.1, -0.05) is 27.7 Å². The average Bonchev–Trinajstić information content (AvgIpc) is 2.54. The normalized spacial score (nSPS) is 20.8. The second-order valence-electron chi connectivity index (χ2n) is 5.85. The molecule has 116 valence electrons. The van der Waals surface area contributed by atoms with Crippen LogP contribution in [0.5, 0.6) is 0 Å². The van der Waals surface area contributed by atoms with Gasteiger partial charge in [0, 0.05) is 20.1 Å². The van der Waals surface area contributed by atoms with E-state index in [1.807, 2.05) is 18.7 Å². The van der Waals surface area contributed by atoms with Gasteiger partial charge in [-0.05, 0) is 18.8 Å². The summed E-state index contributed by atoms with van der Waals surface area (Å²) in [5, 5.41) is 2.94. The molecule has 0 radical (unpaired) electrons. The zero-order chi connectivity index (χ0) is 15.3. The smallest absolute Gasteiger partial charge is 0.248 e. The van der Waals surface area contributed by atoms with Crippen LogP contribution in [-0.2, 0) is 14.3 Å². The van der Waals surface area contributed by atoms with Crippen LogP contribution >= 0.6 is 0 Å². The van der Waals surface area contributed by atoms with Gasteiger partial charge >= 0.3 is 0 Å². The highest BCUT2D eigenvalue weighted by Gasteiger charge is 2.44. The Morgan fingerprint density at radius 3 is 2.35 bits per heavy atom. The van der Waals surface area contributed by atoms with Crippen molar-refractivity contribution in [1.82, 2.24) is 10.2 Å². The van der Waals surface area contributed by atoms with Gasteiger partial charge in [0.15, 0.2) is 0 Å². The summed E-state index contributed by atoms with van der Waals surface area (Å²) in [6.45, 7) is 9.03. The van der Waals surface area contributed by atoms with Crippen LogP contribution in [0.2, 0.25) is 0 Å². The molecule has 0 bridgehead atoms. The number of hydrogen-bond acceptors (Lipinski definition) is 3. The van der Waals surface area contributed by atoms with Gasteiger partial charge in [0.1, 0.15) is 5.54 Å². The second-order valence-corrected chi connectivity index (χ2v) is 5.85. The summed E-state index contributed by atoms with van der Waals surface area (Å²) in [6.07, 6.45) is 1.59. The molecule has 1 atom stereocenters. The summed E-state index contributed by atoms with van der Waals surface area (Å²) in [5.41, 5.74) is -0.755. The minimum atomic E-state index is -0.755. The van der Waals surface area contributed by atoms with E-state index in [1.54, 1.807) is 7.11 Å². The highest BCUT2D eigenvalue weighted by atomic mass is 16.5. The molecule has 5 heteroatoms. The van der Waals surface area contributed by atoms with Crippen molar-refractivity contribution in [2.45, 2.75) is 58.5 Å². The van der Waals surface area contributed by atoms with E-state index in [9.17, 15) is 9.59 Å². The van der Waals surface area contributed by atoms with Gasteiger partial charge in [0.05, 0.1) is 12.6 Å². The van der Waals surface area contributed by atoms with E-state index < -0.39 is 5.54 Å². The molecule has 1 heterocycles. The quantitative estimate of drug-likeness (QED) is 0.805. The monoisotopic (exact) mass is 284 g/mol. The second kappa shape index (κ2) is 7.07. The number of nitrogens with zero attached hydrogens (tertiary/aromatic N) is 1. The summed E-state index contributed by atoms with van der Waals surface area (Å²) >= 11 is 0. The summed E-state index contributed by atoms with van der Waals surface area (Å²) in [5.74, 6) is 0.284. The maximum absolute atomic E-state index is 13.0. The van der Waals surface area contributed by atoms with E-state index in [-0.39, 0.29) is 17.9 Å². The number of methoxy groups -OCH3 is 1. The van der Waals surface area contributed by atoms with Crippen LogP contribution in [0.4, 0.5) is 0 Å². The maximum Gasteiger partial charge on any atom is 0.248 e. The Morgan fingerprint density at radius 1 is 1.30 bits per heavy atom. The Hall–Kier alpha value is -1.10. The molecule has 1 unspecified atom stereocenters. The lowest BCUT2D eigenvalue weighted by molar-refractivity contribution is -0.143. The van der Waals surface area contributed by atoms with Crippen molar-refractivity contribution in [1.29, 1.82) is 0 Å². The van der Waals surface area contributed by atoms with Crippen LogP contribution in [0.25, 0.3) is 0 Å². The van der Waals surface area contributed by atoms with Gasteiger partial charge in [-0.3, -0.25) is 9.59 Å². The molecule has 1 aliphatic rings. The van der Waals surface area contributed by atoms with Crippen molar-refractivity contribution >= 4 is 11.8 Å². The van der Waals surface area contributed by atoms with Gasteiger partial charge < -0.3 is 15.0 Å². The van der Waals surface area contributed by atoms with Crippen molar-refractivity contribution in [3.63, 3.8) is 0 Å². The molecule has 1 fully saturated rings. The molecule has 1 aliphatic heterocycles. The van der Waals surface area contributed by atoms with Crippen molar-refractivity contribution in [3.05, 3.63) is 0 Å². The number of amides is 2. The van der Waals surface area contributed by atoms with E-state index in [2.05, 4.69) is 19.2 Å². The molecular weight excluding hydrogens is 256 g/mol. The Morgan fingerprint density at radius 2 is 1.90 bits per heavy atom. The first-order valence-electron chi connectivity index (χ1n) is 7.52. The molecule has 1 saturated heterocycles. The average molecular weight is 284 g/mol. The molecular formula is C15H28N2O3. The lowest BCUT2D eigenvalue weighted by Gasteiger charge is -2.39. The molecule has 5 nitrogen and oxygen atoms in total. The number of nitrogens with one attached hydrogen (secondary N) is 1. The fourth-order valence-corrected chi connectivity index (χ4v) is 2.84. The molecule has 0 aromatic heterocycles. The Labute approximate surface area is 122 Å². The molecule has 0 aliphatic carbocycles. The van der Waals surface area contributed by atoms with Crippen LogP contribution < -0.4 is 5.32 Å². The number of ether oxygens (including phenoxy) is 1. The van der Waals surface area contributed by atoms with E-state index in [4.69, 9.17) is 4.74 Å². The van der Waals surface area contributed by atoms with Crippen LogP contribution in [0.15, 0.2) is 0 Å². The van der Waals surface area contributed by atoms with Gasteiger partial charge in [0.2, 0.25) is 11.8 Å². The Kier molecular flexibility index (Phi) is 5.99. The predicted octanol–water partition coefficient (Wildman–Crippen LogP) is 1.56. The van der Waals surface area contributed by atoms with Gasteiger partial charge in [-0.15, -0.1) is 0 Å². The molecule has 0 aromatic carbocycles. The number of hydrogen-bond donors (Lipinski definition) is 1. The SMILES string of the molecule is CCC1(CC)NC(=O)CCN(C(COC)C(C)C)C1=O. The molecule has 20 heavy (non-hydrogen) atoms. The van der Waals surface area contributed by atoms with E-state index in [0.717, 1.165) is 0 Å². The standard InChI is InChI=1S/C15H28N2O3/c1-6-15(7-2)14(19)17(9-8-13(18)16-15)12(10-20-5)11(3)4/h11-12H,6-10H2,1-5H3,(H,16,18). The van der Waals surface area contributed by atoms with Gasteiger partial charge in [-0.25, -0.2) is 0 Å². The van der Waals surface area contributed by atoms with Crippen molar-refractivity contribution in [3.8, 4) is 0 Å².